The van der Waals surface area contributed by atoms with Crippen molar-refractivity contribution in [3.63, 3.8) is 0 Å². The number of hydrogen-bond donors (Lipinski definition) is 1. The molecular formula is C21H20FN3O2S. The summed E-state index contributed by atoms with van der Waals surface area (Å²) in [6.45, 7) is 3.90. The number of halogens is 1. The van der Waals surface area contributed by atoms with Crippen LogP contribution in [0.4, 0.5) is 9.52 Å². The molecule has 2 aromatic carbocycles. The van der Waals surface area contributed by atoms with Crippen molar-refractivity contribution in [3.05, 3.63) is 70.9 Å². The second-order valence-corrected chi connectivity index (χ2v) is 7.56. The first kappa shape index (κ1) is 18.7. The van der Waals surface area contributed by atoms with Crippen molar-refractivity contribution >= 4 is 22.4 Å². The minimum Gasteiger partial charge on any atom is -0.379 e. The maximum Gasteiger partial charge on any atom is 0.260 e. The van der Waals surface area contributed by atoms with Gasteiger partial charge >= 0.3 is 0 Å². The van der Waals surface area contributed by atoms with E-state index in [1.165, 1.54) is 23.5 Å². The molecule has 4 rings (SSSR count). The number of morpholine rings is 1. The van der Waals surface area contributed by atoms with E-state index in [0.717, 1.165) is 49.0 Å². The fourth-order valence-electron chi connectivity index (χ4n) is 3.11. The van der Waals surface area contributed by atoms with Crippen molar-refractivity contribution in [2.45, 2.75) is 6.54 Å². The van der Waals surface area contributed by atoms with Crippen LogP contribution >= 0.6 is 11.3 Å². The first-order valence-electron chi connectivity index (χ1n) is 9.12. The Hall–Kier alpha value is -2.61. The fraction of sp³-hybridized carbons (Fsp3) is 0.238. The molecule has 1 fully saturated rings. The number of amides is 1. The molecule has 0 aliphatic carbocycles. The molecule has 0 bridgehead atoms. The van der Waals surface area contributed by atoms with Crippen molar-refractivity contribution in [2.24, 2.45) is 0 Å². The Morgan fingerprint density at radius 1 is 1.11 bits per heavy atom. The molecule has 0 unspecified atom stereocenters. The molecule has 0 spiro atoms. The number of hydrogen-bond acceptors (Lipinski definition) is 5. The zero-order valence-electron chi connectivity index (χ0n) is 15.2. The molecule has 1 amide bonds. The summed E-state index contributed by atoms with van der Waals surface area (Å²) >= 11 is 1.43. The van der Waals surface area contributed by atoms with Crippen molar-refractivity contribution < 1.29 is 13.9 Å². The lowest BCUT2D eigenvalue weighted by Gasteiger charge is -2.26. The van der Waals surface area contributed by atoms with Gasteiger partial charge in [-0.3, -0.25) is 15.0 Å². The molecule has 2 heterocycles. The molecule has 1 saturated heterocycles. The van der Waals surface area contributed by atoms with E-state index in [-0.39, 0.29) is 5.56 Å². The second kappa shape index (κ2) is 8.60. The van der Waals surface area contributed by atoms with Crippen molar-refractivity contribution in [2.75, 3.05) is 31.6 Å². The van der Waals surface area contributed by atoms with Gasteiger partial charge in [-0.25, -0.2) is 9.37 Å². The Morgan fingerprint density at radius 2 is 1.82 bits per heavy atom. The Bertz CT molecular complexity index is 955. The third kappa shape index (κ3) is 4.27. The van der Waals surface area contributed by atoms with Crippen LogP contribution in [0.25, 0.3) is 11.3 Å². The topological polar surface area (TPSA) is 54.5 Å². The van der Waals surface area contributed by atoms with Gasteiger partial charge in [0.15, 0.2) is 5.13 Å². The molecule has 1 aliphatic heterocycles. The van der Waals surface area contributed by atoms with E-state index in [2.05, 4.69) is 15.2 Å². The molecule has 144 valence electrons. The van der Waals surface area contributed by atoms with Crippen LogP contribution < -0.4 is 5.32 Å². The fourth-order valence-corrected chi connectivity index (χ4v) is 4.13. The zero-order valence-corrected chi connectivity index (χ0v) is 16.0. The van der Waals surface area contributed by atoms with Crippen LogP contribution in [0.1, 0.15) is 15.2 Å². The summed E-state index contributed by atoms with van der Waals surface area (Å²) in [5, 5.41) is 3.22. The summed E-state index contributed by atoms with van der Waals surface area (Å²) in [6.07, 6.45) is 0. The smallest absolute Gasteiger partial charge is 0.260 e. The highest BCUT2D eigenvalue weighted by atomic mass is 32.1. The molecule has 1 aliphatic rings. The highest BCUT2D eigenvalue weighted by Crippen LogP contribution is 2.32. The average molecular weight is 397 g/mol. The van der Waals surface area contributed by atoms with E-state index >= 15 is 0 Å². The molecule has 0 atom stereocenters. The summed E-state index contributed by atoms with van der Waals surface area (Å²) < 4.78 is 19.3. The molecule has 1 N–H and O–H groups in total. The van der Waals surface area contributed by atoms with Gasteiger partial charge in [0.25, 0.3) is 5.91 Å². The van der Waals surface area contributed by atoms with E-state index in [9.17, 15) is 9.18 Å². The Balaban J connectivity index is 1.61. The van der Waals surface area contributed by atoms with Crippen LogP contribution in [0, 0.1) is 5.82 Å². The Kier molecular flexibility index (Phi) is 5.76. The summed E-state index contributed by atoms with van der Waals surface area (Å²) in [5.74, 6) is -1.04. The van der Waals surface area contributed by atoms with Crippen LogP contribution in [-0.2, 0) is 11.3 Å². The molecule has 0 saturated carbocycles. The molecular weight excluding hydrogens is 377 g/mol. The maximum atomic E-state index is 13.9. The van der Waals surface area contributed by atoms with Crippen molar-refractivity contribution in [1.29, 1.82) is 0 Å². The van der Waals surface area contributed by atoms with Crippen LogP contribution in [0.15, 0.2) is 54.6 Å². The number of ether oxygens (including phenoxy) is 1. The van der Waals surface area contributed by atoms with Crippen LogP contribution in [0.3, 0.4) is 0 Å². The third-order valence-electron chi connectivity index (χ3n) is 4.55. The summed E-state index contributed by atoms with van der Waals surface area (Å²) in [4.78, 5) is 20.5. The Morgan fingerprint density at radius 3 is 2.57 bits per heavy atom. The normalized spacial score (nSPS) is 14.8. The highest BCUT2D eigenvalue weighted by Gasteiger charge is 2.20. The van der Waals surface area contributed by atoms with Gasteiger partial charge in [0, 0.05) is 30.1 Å². The van der Waals surface area contributed by atoms with E-state index < -0.39 is 11.7 Å². The molecule has 28 heavy (non-hydrogen) atoms. The minimum absolute atomic E-state index is 0.00805. The number of anilines is 1. The van der Waals surface area contributed by atoms with Gasteiger partial charge in [0.2, 0.25) is 0 Å². The lowest BCUT2D eigenvalue weighted by molar-refractivity contribution is 0.0347. The van der Waals surface area contributed by atoms with Crippen LogP contribution in [0.5, 0.6) is 0 Å². The standard InChI is InChI=1S/C21H20FN3O2S/c22-17-9-5-4-8-16(17)20(26)24-21-23-19(15-6-2-1-3-7-15)18(28-21)14-25-10-12-27-13-11-25/h1-9H,10-14H2,(H,23,24,26). The first-order valence-corrected chi connectivity index (χ1v) is 9.93. The minimum atomic E-state index is -0.548. The van der Waals surface area contributed by atoms with E-state index in [1.54, 1.807) is 12.1 Å². The zero-order chi connectivity index (χ0) is 19.3. The van der Waals surface area contributed by atoms with Crippen LogP contribution in [0.2, 0.25) is 0 Å². The number of aromatic nitrogens is 1. The van der Waals surface area contributed by atoms with Gasteiger partial charge in [-0.15, -0.1) is 0 Å². The van der Waals surface area contributed by atoms with Crippen molar-refractivity contribution in [3.8, 4) is 11.3 Å². The van der Waals surface area contributed by atoms with E-state index in [1.807, 2.05) is 30.3 Å². The average Bonchev–Trinajstić information content (AvgIpc) is 3.11. The summed E-state index contributed by atoms with van der Waals surface area (Å²) in [7, 11) is 0. The second-order valence-electron chi connectivity index (χ2n) is 6.48. The number of thiazole rings is 1. The highest BCUT2D eigenvalue weighted by molar-refractivity contribution is 7.16. The number of nitrogens with zero attached hydrogens (tertiary/aromatic N) is 2. The van der Waals surface area contributed by atoms with E-state index in [4.69, 9.17) is 4.74 Å². The molecule has 1 aromatic heterocycles. The predicted molar refractivity (Wildman–Crippen MR) is 108 cm³/mol. The summed E-state index contributed by atoms with van der Waals surface area (Å²) in [6, 6.07) is 15.8. The van der Waals surface area contributed by atoms with Gasteiger partial charge in [-0.05, 0) is 12.1 Å². The van der Waals surface area contributed by atoms with Crippen LogP contribution in [-0.4, -0.2) is 42.1 Å². The van der Waals surface area contributed by atoms with Gasteiger partial charge in [-0.1, -0.05) is 53.8 Å². The number of carbonyl (C=O) groups excluding carboxylic acids is 1. The quantitative estimate of drug-likeness (QED) is 0.706. The molecule has 5 nitrogen and oxygen atoms in total. The van der Waals surface area contributed by atoms with Gasteiger partial charge in [-0.2, -0.15) is 0 Å². The number of carbonyl (C=O) groups is 1. The maximum absolute atomic E-state index is 13.9. The Labute approximate surface area is 166 Å². The van der Waals surface area contributed by atoms with Gasteiger partial charge in [0.05, 0.1) is 24.5 Å². The molecule has 0 radical (unpaired) electrons. The first-order chi connectivity index (χ1) is 13.7. The largest absolute Gasteiger partial charge is 0.379 e. The van der Waals surface area contributed by atoms with E-state index in [0.29, 0.717) is 5.13 Å². The SMILES string of the molecule is O=C(Nc1nc(-c2ccccc2)c(CN2CCOCC2)s1)c1ccccc1F. The lowest BCUT2D eigenvalue weighted by atomic mass is 10.1. The number of rotatable bonds is 5. The molecule has 3 aromatic rings. The van der Waals surface area contributed by atoms with Gasteiger partial charge < -0.3 is 4.74 Å². The molecule has 7 heteroatoms. The lowest BCUT2D eigenvalue weighted by Crippen LogP contribution is -2.35. The third-order valence-corrected chi connectivity index (χ3v) is 5.51. The van der Waals surface area contributed by atoms with Crippen molar-refractivity contribution in [1.82, 2.24) is 9.88 Å². The number of benzene rings is 2. The number of nitrogens with one attached hydrogen (secondary N) is 1. The monoisotopic (exact) mass is 397 g/mol. The summed E-state index contributed by atoms with van der Waals surface area (Å²) in [5.41, 5.74) is 1.85. The van der Waals surface area contributed by atoms with Gasteiger partial charge in [0.1, 0.15) is 5.82 Å². The predicted octanol–water partition coefficient (Wildman–Crippen LogP) is 4.03.